The first-order valence-corrected chi connectivity index (χ1v) is 7.95. The van der Waals surface area contributed by atoms with E-state index in [1.54, 1.807) is 0 Å². The average molecular weight is 310 g/mol. The first kappa shape index (κ1) is 15.8. The topological polar surface area (TPSA) is 38.8 Å². The van der Waals surface area contributed by atoms with Crippen LogP contribution in [0, 0.1) is 13.8 Å². The Morgan fingerprint density at radius 1 is 1.13 bits per heavy atom. The van der Waals surface area contributed by atoms with Crippen LogP contribution in [-0.4, -0.2) is 19.2 Å². The van der Waals surface area contributed by atoms with Crippen LogP contribution in [0.5, 0.6) is 0 Å². The summed E-state index contributed by atoms with van der Waals surface area (Å²) in [7, 11) is 1.40. The summed E-state index contributed by atoms with van der Waals surface area (Å²) in [5.41, 5.74) is 4.93. The zero-order valence-corrected chi connectivity index (χ0v) is 14.1. The third-order valence-corrected chi connectivity index (χ3v) is 4.55. The second-order valence-corrected chi connectivity index (χ2v) is 6.14. The number of hydrogen-bond donors (Lipinski definition) is 0. The number of ether oxygens (including phenoxy) is 2. The van der Waals surface area contributed by atoms with E-state index in [4.69, 9.17) is 9.47 Å². The molecule has 0 amide bonds. The highest BCUT2D eigenvalue weighted by Gasteiger charge is 2.64. The summed E-state index contributed by atoms with van der Waals surface area (Å²) in [4.78, 5) is 12.1. The van der Waals surface area contributed by atoms with Crippen molar-refractivity contribution in [2.24, 2.45) is 0 Å². The Balaban J connectivity index is 2.15. The molecule has 0 N–H and O–H groups in total. The maximum atomic E-state index is 12.1. The van der Waals surface area contributed by atoms with Gasteiger partial charge in [0.05, 0.1) is 7.11 Å². The van der Waals surface area contributed by atoms with Gasteiger partial charge in [-0.1, -0.05) is 60.5 Å². The Hall–Kier alpha value is -2.13. The van der Waals surface area contributed by atoms with E-state index < -0.39 is 11.7 Å². The minimum atomic E-state index is -0.722. The van der Waals surface area contributed by atoms with Crippen LogP contribution in [0.15, 0.2) is 42.5 Å². The first-order valence-electron chi connectivity index (χ1n) is 7.95. The van der Waals surface area contributed by atoms with Crippen LogP contribution in [-0.2, 0) is 26.3 Å². The second-order valence-electron chi connectivity index (χ2n) is 6.14. The smallest absolute Gasteiger partial charge is 0.338 e. The van der Waals surface area contributed by atoms with Crippen LogP contribution < -0.4 is 0 Å². The molecule has 3 rings (SSSR count). The predicted molar refractivity (Wildman–Crippen MR) is 89.4 cm³/mol. The van der Waals surface area contributed by atoms with Crippen molar-refractivity contribution >= 4 is 5.97 Å². The van der Waals surface area contributed by atoms with Gasteiger partial charge in [0.15, 0.2) is 11.7 Å². The normalized spacial score (nSPS) is 22.7. The molecule has 0 saturated carbocycles. The molecular weight excluding hydrogens is 288 g/mol. The summed E-state index contributed by atoms with van der Waals surface area (Å²) >= 11 is 0. The molecule has 1 aliphatic heterocycles. The molecule has 2 atom stereocenters. The van der Waals surface area contributed by atoms with Crippen LogP contribution in [0.3, 0.4) is 0 Å². The highest BCUT2D eigenvalue weighted by molar-refractivity contribution is 5.81. The van der Waals surface area contributed by atoms with Gasteiger partial charge in [-0.2, -0.15) is 0 Å². The van der Waals surface area contributed by atoms with Crippen molar-refractivity contribution in [1.82, 2.24) is 0 Å². The van der Waals surface area contributed by atoms with Gasteiger partial charge in [0.1, 0.15) is 0 Å². The van der Waals surface area contributed by atoms with Crippen LogP contribution in [0.2, 0.25) is 0 Å². The predicted octanol–water partition coefficient (Wildman–Crippen LogP) is 3.68. The molecule has 23 heavy (non-hydrogen) atoms. The zero-order valence-electron chi connectivity index (χ0n) is 14.1. The maximum absolute atomic E-state index is 12.1. The third kappa shape index (κ3) is 2.55. The summed E-state index contributed by atoms with van der Waals surface area (Å²) in [6.45, 7) is 6.25. The fraction of sp³-hybridized carbons (Fsp3) is 0.350. The molecule has 0 bridgehead atoms. The minimum Gasteiger partial charge on any atom is -0.467 e. The van der Waals surface area contributed by atoms with Gasteiger partial charge in [-0.15, -0.1) is 0 Å². The lowest BCUT2D eigenvalue weighted by atomic mass is 9.83. The quantitative estimate of drug-likeness (QED) is 0.639. The van der Waals surface area contributed by atoms with E-state index in [9.17, 15) is 4.79 Å². The standard InChI is InChI=1S/C20H22O3/c1-5-15-12-14(3)8-11-17(15)20(18(23-20)19(21)22-4)16-9-6-13(2)7-10-16/h6-12,18H,5H2,1-4H3. The van der Waals surface area contributed by atoms with Crippen molar-refractivity contribution in [3.63, 3.8) is 0 Å². The molecule has 0 radical (unpaired) electrons. The van der Waals surface area contributed by atoms with Gasteiger partial charge in [0.25, 0.3) is 0 Å². The molecule has 2 aromatic carbocycles. The van der Waals surface area contributed by atoms with E-state index in [0.29, 0.717) is 0 Å². The van der Waals surface area contributed by atoms with Gasteiger partial charge in [-0.3, -0.25) is 0 Å². The summed E-state index contributed by atoms with van der Waals surface area (Å²) in [6.07, 6.45) is 0.310. The number of carbonyl (C=O) groups excluding carboxylic acids is 1. The molecular formula is C20H22O3. The molecule has 0 aromatic heterocycles. The fourth-order valence-electron chi connectivity index (χ4n) is 3.23. The molecule has 3 heteroatoms. The molecule has 120 valence electrons. The Morgan fingerprint density at radius 2 is 1.78 bits per heavy atom. The van der Waals surface area contributed by atoms with E-state index in [2.05, 4.69) is 32.0 Å². The van der Waals surface area contributed by atoms with Gasteiger partial charge in [0, 0.05) is 0 Å². The number of epoxide rings is 1. The van der Waals surface area contributed by atoms with E-state index >= 15 is 0 Å². The van der Waals surface area contributed by atoms with Gasteiger partial charge < -0.3 is 9.47 Å². The van der Waals surface area contributed by atoms with Crippen LogP contribution in [0.1, 0.15) is 34.7 Å². The van der Waals surface area contributed by atoms with Crippen molar-refractivity contribution in [2.75, 3.05) is 7.11 Å². The summed E-state index contributed by atoms with van der Waals surface area (Å²) in [5.74, 6) is -0.326. The van der Waals surface area contributed by atoms with Crippen molar-refractivity contribution in [3.8, 4) is 0 Å². The Kier molecular flexibility index (Phi) is 3.99. The van der Waals surface area contributed by atoms with E-state index in [1.807, 2.05) is 31.2 Å². The molecule has 0 spiro atoms. The lowest BCUT2D eigenvalue weighted by Gasteiger charge is -2.18. The first-order chi connectivity index (χ1) is 11.0. The number of aryl methyl sites for hydroxylation is 3. The molecule has 3 nitrogen and oxygen atoms in total. The van der Waals surface area contributed by atoms with Gasteiger partial charge in [-0.05, 0) is 37.0 Å². The number of carbonyl (C=O) groups is 1. The van der Waals surface area contributed by atoms with Crippen molar-refractivity contribution < 1.29 is 14.3 Å². The summed E-state index contributed by atoms with van der Waals surface area (Å²) in [5, 5.41) is 0. The lowest BCUT2D eigenvalue weighted by molar-refractivity contribution is -0.142. The average Bonchev–Trinajstić information content (AvgIpc) is 3.31. The van der Waals surface area contributed by atoms with Crippen LogP contribution >= 0.6 is 0 Å². The molecule has 2 unspecified atom stereocenters. The van der Waals surface area contributed by atoms with E-state index in [-0.39, 0.29) is 5.97 Å². The SMILES string of the molecule is CCc1cc(C)ccc1C1(c2ccc(C)cc2)OC1C(=O)OC. The Morgan fingerprint density at radius 3 is 2.39 bits per heavy atom. The molecule has 1 aliphatic rings. The molecule has 1 heterocycles. The zero-order chi connectivity index (χ0) is 16.6. The molecule has 2 aromatic rings. The van der Waals surface area contributed by atoms with Crippen LogP contribution in [0.25, 0.3) is 0 Å². The van der Waals surface area contributed by atoms with Crippen LogP contribution in [0.4, 0.5) is 0 Å². The molecule has 1 fully saturated rings. The maximum Gasteiger partial charge on any atom is 0.338 e. The van der Waals surface area contributed by atoms with E-state index in [1.165, 1.54) is 23.8 Å². The molecule has 0 aliphatic carbocycles. The Bertz CT molecular complexity index is 733. The largest absolute Gasteiger partial charge is 0.467 e. The number of methoxy groups -OCH3 is 1. The summed E-state index contributed by atoms with van der Waals surface area (Å²) in [6, 6.07) is 14.5. The highest BCUT2D eigenvalue weighted by Crippen LogP contribution is 2.53. The van der Waals surface area contributed by atoms with E-state index in [0.717, 1.165) is 17.5 Å². The van der Waals surface area contributed by atoms with Crippen molar-refractivity contribution in [3.05, 3.63) is 70.3 Å². The third-order valence-electron chi connectivity index (χ3n) is 4.55. The van der Waals surface area contributed by atoms with Gasteiger partial charge in [0.2, 0.25) is 0 Å². The lowest BCUT2D eigenvalue weighted by Crippen LogP contribution is -2.23. The van der Waals surface area contributed by atoms with Crippen molar-refractivity contribution in [2.45, 2.75) is 38.9 Å². The second kappa shape index (κ2) is 5.82. The number of benzene rings is 2. The monoisotopic (exact) mass is 310 g/mol. The number of esters is 1. The number of hydrogen-bond acceptors (Lipinski definition) is 3. The van der Waals surface area contributed by atoms with Gasteiger partial charge >= 0.3 is 5.97 Å². The summed E-state index contributed by atoms with van der Waals surface area (Å²) < 4.78 is 10.9. The fourth-order valence-corrected chi connectivity index (χ4v) is 3.23. The number of rotatable bonds is 4. The van der Waals surface area contributed by atoms with Gasteiger partial charge in [-0.25, -0.2) is 4.79 Å². The van der Waals surface area contributed by atoms with Crippen molar-refractivity contribution in [1.29, 1.82) is 0 Å². The highest BCUT2D eigenvalue weighted by atomic mass is 16.7. The Labute approximate surface area is 137 Å². The minimum absolute atomic E-state index is 0.326. The molecule has 1 saturated heterocycles.